The molecule has 0 spiro atoms. The minimum absolute atomic E-state index is 0.0989. The third-order valence-corrected chi connectivity index (χ3v) is 3.36. The summed E-state index contributed by atoms with van der Waals surface area (Å²) in [7, 11) is 0. The van der Waals surface area contributed by atoms with Crippen molar-refractivity contribution in [1.82, 2.24) is 5.32 Å². The molecule has 0 bridgehead atoms. The smallest absolute Gasteiger partial charge is 0.237 e. The van der Waals surface area contributed by atoms with Crippen molar-refractivity contribution in [3.63, 3.8) is 0 Å². The van der Waals surface area contributed by atoms with Gasteiger partial charge in [-0.25, -0.2) is 0 Å². The first-order valence-corrected chi connectivity index (χ1v) is 6.46. The first kappa shape index (κ1) is 13.5. The summed E-state index contributed by atoms with van der Waals surface area (Å²) in [6.45, 7) is 4.60. The maximum atomic E-state index is 11.6. The maximum Gasteiger partial charge on any atom is 0.237 e. The van der Waals surface area contributed by atoms with Crippen LogP contribution in [-0.4, -0.2) is 11.9 Å². The van der Waals surface area contributed by atoms with Gasteiger partial charge in [-0.1, -0.05) is 25.4 Å². The van der Waals surface area contributed by atoms with Gasteiger partial charge in [0.25, 0.3) is 0 Å². The number of thiophene rings is 1. The SMILES string of the molecule is CC(C)CC(N)C(=O)NCc1ccc(Cl)s1. The van der Waals surface area contributed by atoms with Crippen molar-refractivity contribution >= 4 is 28.8 Å². The Morgan fingerprint density at radius 1 is 1.56 bits per heavy atom. The Hall–Kier alpha value is -0.580. The predicted octanol–water partition coefficient (Wildman–Crippen LogP) is 2.39. The highest BCUT2D eigenvalue weighted by atomic mass is 35.5. The van der Waals surface area contributed by atoms with Crippen molar-refractivity contribution in [2.45, 2.75) is 32.9 Å². The van der Waals surface area contributed by atoms with Gasteiger partial charge in [-0.15, -0.1) is 11.3 Å². The van der Waals surface area contributed by atoms with Crippen molar-refractivity contribution in [1.29, 1.82) is 0 Å². The third-order valence-electron chi connectivity index (χ3n) is 2.13. The molecule has 1 heterocycles. The molecule has 1 atom stereocenters. The van der Waals surface area contributed by atoms with Gasteiger partial charge in [-0.2, -0.15) is 0 Å². The predicted molar refractivity (Wildman–Crippen MR) is 68.6 cm³/mol. The molecule has 1 unspecified atom stereocenters. The quantitative estimate of drug-likeness (QED) is 0.854. The van der Waals surface area contributed by atoms with Crippen LogP contribution in [-0.2, 0) is 11.3 Å². The molecule has 1 aromatic rings. The van der Waals surface area contributed by atoms with E-state index in [4.69, 9.17) is 17.3 Å². The van der Waals surface area contributed by atoms with Crippen LogP contribution in [0.15, 0.2) is 12.1 Å². The number of nitrogens with two attached hydrogens (primary N) is 1. The molecule has 0 aliphatic heterocycles. The van der Waals surface area contributed by atoms with E-state index in [9.17, 15) is 4.79 Å². The largest absolute Gasteiger partial charge is 0.350 e. The number of halogens is 1. The Morgan fingerprint density at radius 2 is 2.25 bits per heavy atom. The average molecular weight is 261 g/mol. The van der Waals surface area contributed by atoms with Crippen LogP contribution in [0.3, 0.4) is 0 Å². The molecule has 3 nitrogen and oxygen atoms in total. The van der Waals surface area contributed by atoms with Gasteiger partial charge in [-0.05, 0) is 24.5 Å². The molecule has 0 aliphatic rings. The summed E-state index contributed by atoms with van der Waals surface area (Å²) in [5.41, 5.74) is 5.75. The maximum absolute atomic E-state index is 11.6. The molecule has 0 saturated carbocycles. The van der Waals surface area contributed by atoms with Gasteiger partial charge in [-0.3, -0.25) is 4.79 Å². The van der Waals surface area contributed by atoms with E-state index in [1.807, 2.05) is 26.0 Å². The van der Waals surface area contributed by atoms with E-state index in [0.29, 0.717) is 18.9 Å². The number of carbonyl (C=O) groups excluding carboxylic acids is 1. The van der Waals surface area contributed by atoms with Crippen molar-refractivity contribution in [3.8, 4) is 0 Å². The number of carbonyl (C=O) groups is 1. The van der Waals surface area contributed by atoms with Crippen LogP contribution < -0.4 is 11.1 Å². The lowest BCUT2D eigenvalue weighted by atomic mass is 10.0. The molecule has 3 N–H and O–H groups in total. The van der Waals surface area contributed by atoms with E-state index >= 15 is 0 Å². The lowest BCUT2D eigenvalue weighted by Gasteiger charge is -2.13. The molecule has 0 saturated heterocycles. The van der Waals surface area contributed by atoms with Gasteiger partial charge in [0, 0.05) is 4.88 Å². The number of hydrogen-bond donors (Lipinski definition) is 2. The van der Waals surface area contributed by atoms with E-state index in [1.54, 1.807) is 0 Å². The van der Waals surface area contributed by atoms with E-state index in [1.165, 1.54) is 11.3 Å². The Morgan fingerprint density at radius 3 is 2.75 bits per heavy atom. The summed E-state index contributed by atoms with van der Waals surface area (Å²) < 4.78 is 0.732. The van der Waals surface area contributed by atoms with Crippen LogP contribution in [0.2, 0.25) is 4.34 Å². The number of nitrogens with one attached hydrogen (secondary N) is 1. The number of rotatable bonds is 5. The van der Waals surface area contributed by atoms with Gasteiger partial charge >= 0.3 is 0 Å². The van der Waals surface area contributed by atoms with Crippen molar-refractivity contribution in [2.75, 3.05) is 0 Å². The highest BCUT2D eigenvalue weighted by Gasteiger charge is 2.14. The van der Waals surface area contributed by atoms with E-state index in [2.05, 4.69) is 5.32 Å². The minimum atomic E-state index is -0.421. The molecular formula is C11H17ClN2OS. The minimum Gasteiger partial charge on any atom is -0.350 e. The third kappa shape index (κ3) is 4.51. The van der Waals surface area contributed by atoms with Gasteiger partial charge in [0.05, 0.1) is 16.9 Å². The zero-order chi connectivity index (χ0) is 12.1. The second-order valence-corrected chi connectivity index (χ2v) is 5.96. The Bertz CT molecular complexity index is 352. The summed E-state index contributed by atoms with van der Waals surface area (Å²) in [6, 6.07) is 3.30. The Labute approximate surface area is 105 Å². The first-order valence-electron chi connectivity index (χ1n) is 5.26. The summed E-state index contributed by atoms with van der Waals surface area (Å²) in [5.74, 6) is 0.329. The second-order valence-electron chi connectivity index (χ2n) is 4.16. The van der Waals surface area contributed by atoms with Crippen LogP contribution in [0.1, 0.15) is 25.1 Å². The van der Waals surface area contributed by atoms with E-state index in [0.717, 1.165) is 9.21 Å². The Balaban J connectivity index is 2.35. The summed E-state index contributed by atoms with van der Waals surface area (Å²) in [5, 5.41) is 2.81. The normalized spacial score (nSPS) is 12.8. The molecule has 90 valence electrons. The van der Waals surface area contributed by atoms with Crippen molar-refractivity contribution in [2.24, 2.45) is 11.7 Å². The standard InChI is InChI=1S/C11H17ClN2OS/c1-7(2)5-9(13)11(15)14-6-8-3-4-10(12)16-8/h3-4,7,9H,5-6,13H2,1-2H3,(H,14,15). The topological polar surface area (TPSA) is 55.1 Å². The van der Waals surface area contributed by atoms with Gasteiger partial charge in [0.1, 0.15) is 0 Å². The lowest BCUT2D eigenvalue weighted by Crippen LogP contribution is -2.40. The van der Waals surface area contributed by atoms with Crippen molar-refractivity contribution in [3.05, 3.63) is 21.3 Å². The Kier molecular flexibility index (Phi) is 5.25. The molecule has 0 radical (unpaired) electrons. The second kappa shape index (κ2) is 6.23. The summed E-state index contributed by atoms with van der Waals surface area (Å²) >= 11 is 7.25. The average Bonchev–Trinajstić information content (AvgIpc) is 2.59. The molecule has 0 aliphatic carbocycles. The fourth-order valence-corrected chi connectivity index (χ4v) is 2.39. The molecule has 16 heavy (non-hydrogen) atoms. The van der Waals surface area contributed by atoms with Crippen LogP contribution in [0.5, 0.6) is 0 Å². The lowest BCUT2D eigenvalue weighted by molar-refractivity contribution is -0.122. The number of amides is 1. The highest BCUT2D eigenvalue weighted by Crippen LogP contribution is 2.20. The van der Waals surface area contributed by atoms with Crippen LogP contribution in [0.4, 0.5) is 0 Å². The fourth-order valence-electron chi connectivity index (χ4n) is 1.37. The number of hydrogen-bond acceptors (Lipinski definition) is 3. The monoisotopic (exact) mass is 260 g/mol. The zero-order valence-electron chi connectivity index (χ0n) is 9.50. The van der Waals surface area contributed by atoms with Crippen LogP contribution in [0.25, 0.3) is 0 Å². The van der Waals surface area contributed by atoms with E-state index < -0.39 is 6.04 Å². The summed E-state index contributed by atoms with van der Waals surface area (Å²) in [4.78, 5) is 12.6. The van der Waals surface area contributed by atoms with Gasteiger partial charge < -0.3 is 11.1 Å². The molecule has 5 heteroatoms. The molecular weight excluding hydrogens is 244 g/mol. The van der Waals surface area contributed by atoms with Gasteiger partial charge in [0.15, 0.2) is 0 Å². The van der Waals surface area contributed by atoms with Crippen LogP contribution >= 0.6 is 22.9 Å². The molecule has 0 aromatic carbocycles. The molecule has 1 aromatic heterocycles. The zero-order valence-corrected chi connectivity index (χ0v) is 11.1. The molecule has 1 amide bonds. The van der Waals surface area contributed by atoms with E-state index in [-0.39, 0.29) is 5.91 Å². The van der Waals surface area contributed by atoms with Crippen LogP contribution in [0, 0.1) is 5.92 Å². The molecule has 0 fully saturated rings. The van der Waals surface area contributed by atoms with Crippen molar-refractivity contribution < 1.29 is 4.79 Å². The molecule has 1 rings (SSSR count). The summed E-state index contributed by atoms with van der Waals surface area (Å²) in [6.07, 6.45) is 0.705. The highest BCUT2D eigenvalue weighted by molar-refractivity contribution is 7.16. The first-order chi connectivity index (χ1) is 7.49. The fraction of sp³-hybridized carbons (Fsp3) is 0.545. The van der Waals surface area contributed by atoms with Gasteiger partial charge in [0.2, 0.25) is 5.91 Å².